The summed E-state index contributed by atoms with van der Waals surface area (Å²) in [5.74, 6) is 0.506. The van der Waals surface area contributed by atoms with Crippen molar-refractivity contribution in [1.82, 2.24) is 5.32 Å². The van der Waals surface area contributed by atoms with Crippen LogP contribution in [0.15, 0.2) is 0 Å². The van der Waals surface area contributed by atoms with E-state index in [1.165, 1.54) is 19.3 Å². The Morgan fingerprint density at radius 2 is 1.65 bits per heavy atom. The standard InChI is InChI=1S/C16H27NO3/c1-15(2)13(12-5-8-18-14(12)15)17-11-3-6-16(7-4-11)19-9-10-20-16/h11-14,17H,3-10H2,1-2H3/t12-,13-,14+/m1/s1. The molecule has 4 rings (SSSR count). The molecule has 0 unspecified atom stereocenters. The molecule has 1 spiro atoms. The molecular weight excluding hydrogens is 254 g/mol. The number of rotatable bonds is 2. The molecule has 0 aromatic heterocycles. The Morgan fingerprint density at radius 1 is 0.950 bits per heavy atom. The van der Waals surface area contributed by atoms with Gasteiger partial charge in [0.15, 0.2) is 5.79 Å². The highest BCUT2D eigenvalue weighted by Gasteiger charge is 2.59. The Hall–Kier alpha value is -0.160. The zero-order valence-corrected chi connectivity index (χ0v) is 12.7. The highest BCUT2D eigenvalue weighted by Crippen LogP contribution is 2.52. The summed E-state index contributed by atoms with van der Waals surface area (Å²) in [6.45, 7) is 7.20. The van der Waals surface area contributed by atoms with Crippen molar-refractivity contribution in [2.45, 2.75) is 69.9 Å². The van der Waals surface area contributed by atoms with Gasteiger partial charge in [0, 0.05) is 42.9 Å². The lowest BCUT2D eigenvalue weighted by Crippen LogP contribution is -2.67. The van der Waals surface area contributed by atoms with Crippen LogP contribution in [0.4, 0.5) is 0 Å². The van der Waals surface area contributed by atoms with Gasteiger partial charge in [-0.25, -0.2) is 0 Å². The number of hydrogen-bond donors (Lipinski definition) is 1. The van der Waals surface area contributed by atoms with Crippen LogP contribution in [-0.2, 0) is 14.2 Å². The van der Waals surface area contributed by atoms with Gasteiger partial charge in [0.05, 0.1) is 19.3 Å². The Labute approximate surface area is 121 Å². The molecule has 4 heteroatoms. The fourth-order valence-electron chi connectivity index (χ4n) is 4.93. The third kappa shape index (κ3) is 1.96. The normalized spacial score (nSPS) is 45.3. The molecule has 2 aliphatic carbocycles. The minimum Gasteiger partial charge on any atom is -0.377 e. The third-order valence-corrected chi connectivity index (χ3v) is 6.08. The second-order valence-corrected chi connectivity index (χ2v) is 7.59. The molecule has 114 valence electrons. The van der Waals surface area contributed by atoms with Crippen molar-refractivity contribution in [3.63, 3.8) is 0 Å². The van der Waals surface area contributed by atoms with Gasteiger partial charge >= 0.3 is 0 Å². The number of hydrogen-bond acceptors (Lipinski definition) is 4. The van der Waals surface area contributed by atoms with Crippen molar-refractivity contribution >= 4 is 0 Å². The first-order valence-electron chi connectivity index (χ1n) is 8.26. The van der Waals surface area contributed by atoms with Crippen molar-refractivity contribution in [3.05, 3.63) is 0 Å². The summed E-state index contributed by atoms with van der Waals surface area (Å²) in [4.78, 5) is 0. The molecule has 2 heterocycles. The molecule has 2 aliphatic heterocycles. The van der Waals surface area contributed by atoms with Crippen molar-refractivity contribution in [3.8, 4) is 0 Å². The molecule has 3 atom stereocenters. The summed E-state index contributed by atoms with van der Waals surface area (Å²) in [5.41, 5.74) is 0.288. The van der Waals surface area contributed by atoms with E-state index in [0.29, 0.717) is 18.2 Å². The molecule has 0 amide bonds. The molecule has 0 aromatic rings. The first-order chi connectivity index (χ1) is 9.61. The van der Waals surface area contributed by atoms with E-state index in [4.69, 9.17) is 14.2 Å². The molecule has 20 heavy (non-hydrogen) atoms. The van der Waals surface area contributed by atoms with Crippen LogP contribution in [0.3, 0.4) is 0 Å². The predicted octanol–water partition coefficient (Wildman–Crippen LogP) is 2.08. The summed E-state index contributed by atoms with van der Waals surface area (Å²) in [6, 6.07) is 1.25. The van der Waals surface area contributed by atoms with Gasteiger partial charge < -0.3 is 19.5 Å². The monoisotopic (exact) mass is 281 g/mol. The Bertz CT molecular complexity index is 368. The van der Waals surface area contributed by atoms with E-state index in [9.17, 15) is 0 Å². The summed E-state index contributed by atoms with van der Waals surface area (Å²) < 4.78 is 17.5. The maximum atomic E-state index is 5.88. The van der Waals surface area contributed by atoms with E-state index in [0.717, 1.165) is 38.6 Å². The minimum absolute atomic E-state index is 0.230. The SMILES string of the molecule is CC1(C)[C@H](NC2CCC3(CC2)OCCO3)[C@H]2CCO[C@@H]21. The van der Waals surface area contributed by atoms with Gasteiger partial charge in [0.1, 0.15) is 0 Å². The second-order valence-electron chi connectivity index (χ2n) is 7.59. The first-order valence-corrected chi connectivity index (χ1v) is 8.26. The van der Waals surface area contributed by atoms with Crippen LogP contribution >= 0.6 is 0 Å². The summed E-state index contributed by atoms with van der Waals surface area (Å²) in [6.07, 6.45) is 6.14. The Kier molecular flexibility index (Phi) is 3.15. The molecule has 0 aromatic carbocycles. The maximum absolute atomic E-state index is 5.88. The van der Waals surface area contributed by atoms with Crippen LogP contribution in [-0.4, -0.2) is 43.8 Å². The summed E-state index contributed by atoms with van der Waals surface area (Å²) >= 11 is 0. The highest BCUT2D eigenvalue weighted by molar-refractivity contribution is 5.12. The van der Waals surface area contributed by atoms with E-state index in [-0.39, 0.29) is 11.2 Å². The molecule has 1 N–H and O–H groups in total. The van der Waals surface area contributed by atoms with Gasteiger partial charge in [-0.2, -0.15) is 0 Å². The average Bonchev–Trinajstić information content (AvgIpc) is 3.07. The van der Waals surface area contributed by atoms with Crippen molar-refractivity contribution in [1.29, 1.82) is 0 Å². The molecule has 2 saturated carbocycles. The van der Waals surface area contributed by atoms with Gasteiger partial charge in [0.2, 0.25) is 0 Å². The largest absolute Gasteiger partial charge is 0.377 e. The highest BCUT2D eigenvalue weighted by atomic mass is 16.7. The van der Waals surface area contributed by atoms with Crippen molar-refractivity contribution in [2.24, 2.45) is 11.3 Å². The van der Waals surface area contributed by atoms with Crippen LogP contribution in [0.2, 0.25) is 0 Å². The van der Waals surface area contributed by atoms with E-state index in [1.807, 2.05) is 0 Å². The third-order valence-electron chi connectivity index (χ3n) is 6.08. The first kappa shape index (κ1) is 13.5. The minimum atomic E-state index is -0.230. The zero-order chi connectivity index (χ0) is 13.8. The van der Waals surface area contributed by atoms with Gasteiger partial charge in [-0.3, -0.25) is 0 Å². The van der Waals surface area contributed by atoms with Gasteiger partial charge in [-0.15, -0.1) is 0 Å². The molecule has 4 aliphatic rings. The van der Waals surface area contributed by atoms with E-state index < -0.39 is 0 Å². The number of ether oxygens (including phenoxy) is 3. The average molecular weight is 281 g/mol. The van der Waals surface area contributed by atoms with Gasteiger partial charge in [-0.1, -0.05) is 13.8 Å². The molecule has 0 radical (unpaired) electrons. The lowest BCUT2D eigenvalue weighted by Gasteiger charge is -2.56. The van der Waals surface area contributed by atoms with Crippen molar-refractivity contribution in [2.75, 3.05) is 19.8 Å². The van der Waals surface area contributed by atoms with Gasteiger partial charge in [-0.05, 0) is 19.3 Å². The van der Waals surface area contributed by atoms with E-state index in [1.54, 1.807) is 0 Å². The van der Waals surface area contributed by atoms with E-state index in [2.05, 4.69) is 19.2 Å². The second kappa shape index (κ2) is 4.67. The van der Waals surface area contributed by atoms with E-state index >= 15 is 0 Å². The maximum Gasteiger partial charge on any atom is 0.168 e. The zero-order valence-electron chi connectivity index (χ0n) is 12.7. The molecule has 0 bridgehead atoms. The van der Waals surface area contributed by atoms with Crippen LogP contribution < -0.4 is 5.32 Å². The topological polar surface area (TPSA) is 39.7 Å². The summed E-state index contributed by atoms with van der Waals surface area (Å²) in [7, 11) is 0. The molecule has 2 saturated heterocycles. The lowest BCUT2D eigenvalue weighted by molar-refractivity contribution is -0.182. The quantitative estimate of drug-likeness (QED) is 0.841. The number of nitrogens with one attached hydrogen (secondary N) is 1. The molecule has 4 fully saturated rings. The van der Waals surface area contributed by atoms with Crippen LogP contribution in [0, 0.1) is 11.3 Å². The Morgan fingerprint density at radius 3 is 2.35 bits per heavy atom. The van der Waals surface area contributed by atoms with Crippen LogP contribution in [0.1, 0.15) is 46.0 Å². The Balaban J connectivity index is 1.34. The van der Waals surface area contributed by atoms with Crippen LogP contribution in [0.5, 0.6) is 0 Å². The van der Waals surface area contributed by atoms with Gasteiger partial charge in [0.25, 0.3) is 0 Å². The van der Waals surface area contributed by atoms with Crippen LogP contribution in [0.25, 0.3) is 0 Å². The lowest BCUT2D eigenvalue weighted by atomic mass is 9.57. The molecule has 4 nitrogen and oxygen atoms in total. The fourth-order valence-corrected chi connectivity index (χ4v) is 4.93. The molecular formula is C16H27NO3. The predicted molar refractivity (Wildman–Crippen MR) is 75.4 cm³/mol. The summed E-state index contributed by atoms with van der Waals surface area (Å²) in [5, 5.41) is 3.93. The smallest absolute Gasteiger partial charge is 0.168 e. The van der Waals surface area contributed by atoms with Crippen molar-refractivity contribution < 1.29 is 14.2 Å². The number of fused-ring (bicyclic) bond motifs is 1. The fraction of sp³-hybridized carbons (Fsp3) is 1.00.